The molecular weight excluding hydrogens is 282 g/mol. The fourth-order valence-electron chi connectivity index (χ4n) is 3.34. The van der Waals surface area contributed by atoms with E-state index in [2.05, 4.69) is 15.5 Å². The first-order valence-electron chi connectivity index (χ1n) is 8.56. The van der Waals surface area contributed by atoms with Gasteiger partial charge in [0.05, 0.1) is 5.75 Å². The van der Waals surface area contributed by atoms with Crippen molar-refractivity contribution in [3.05, 3.63) is 11.7 Å². The Labute approximate surface area is 131 Å². The van der Waals surface area contributed by atoms with E-state index in [1.54, 1.807) is 0 Å². The van der Waals surface area contributed by atoms with Crippen molar-refractivity contribution in [3.63, 3.8) is 0 Å². The molecule has 1 N–H and O–H groups in total. The second kappa shape index (κ2) is 8.18. The number of piperidine rings is 1. The minimum absolute atomic E-state index is 0.644. The number of thioether (sulfide) groups is 1. The normalized spacial score (nSPS) is 24.3. The smallest absolute Gasteiger partial charge is 0.226 e. The molecular formula is C16H27N3OS. The van der Waals surface area contributed by atoms with Crippen LogP contribution in [0.3, 0.4) is 0 Å². The van der Waals surface area contributed by atoms with Crippen molar-refractivity contribution in [2.24, 2.45) is 0 Å². The van der Waals surface area contributed by atoms with Crippen LogP contribution in [0, 0.1) is 0 Å². The van der Waals surface area contributed by atoms with Crippen LogP contribution in [0.2, 0.25) is 0 Å². The third-order valence-electron chi connectivity index (χ3n) is 4.63. The lowest BCUT2D eigenvalue weighted by molar-refractivity contribution is 0.341. The van der Waals surface area contributed by atoms with Crippen LogP contribution in [-0.4, -0.2) is 28.0 Å². The van der Waals surface area contributed by atoms with Crippen LogP contribution in [0.1, 0.15) is 69.5 Å². The first-order chi connectivity index (χ1) is 10.4. The summed E-state index contributed by atoms with van der Waals surface area (Å²) in [5.74, 6) is 2.62. The standard InChI is InChI=1S/C16H27N3OS/c1-2-7-14(8-3-1)21-12-15-18-16(20-19-15)10-9-13-6-4-5-11-17-13/h13-14,17H,1-12H2. The molecule has 0 spiro atoms. The first-order valence-corrected chi connectivity index (χ1v) is 9.61. The lowest BCUT2D eigenvalue weighted by atomic mass is 10.0. The van der Waals surface area contributed by atoms with Gasteiger partial charge in [0.2, 0.25) is 5.89 Å². The number of hydrogen-bond donors (Lipinski definition) is 1. The van der Waals surface area contributed by atoms with Gasteiger partial charge in [0, 0.05) is 17.7 Å². The second-order valence-electron chi connectivity index (χ2n) is 6.36. The third kappa shape index (κ3) is 4.99. The number of nitrogens with one attached hydrogen (secondary N) is 1. The molecule has 1 unspecified atom stereocenters. The van der Waals surface area contributed by atoms with Gasteiger partial charge in [-0.2, -0.15) is 16.7 Å². The Hall–Kier alpha value is -0.550. The number of aromatic nitrogens is 2. The quantitative estimate of drug-likeness (QED) is 0.868. The van der Waals surface area contributed by atoms with E-state index in [4.69, 9.17) is 4.52 Å². The summed E-state index contributed by atoms with van der Waals surface area (Å²) >= 11 is 2.01. The van der Waals surface area contributed by atoms with Crippen molar-refractivity contribution in [3.8, 4) is 0 Å². The fraction of sp³-hybridized carbons (Fsp3) is 0.875. The van der Waals surface area contributed by atoms with Crippen LogP contribution in [0.4, 0.5) is 0 Å². The van der Waals surface area contributed by atoms with Crippen LogP contribution in [0.5, 0.6) is 0 Å². The van der Waals surface area contributed by atoms with Gasteiger partial charge in [-0.1, -0.05) is 30.8 Å². The maximum atomic E-state index is 5.39. The lowest BCUT2D eigenvalue weighted by Gasteiger charge is -2.22. The van der Waals surface area contributed by atoms with Crippen LogP contribution in [0.25, 0.3) is 0 Å². The highest BCUT2D eigenvalue weighted by Crippen LogP contribution is 2.29. The minimum Gasteiger partial charge on any atom is -0.339 e. The molecule has 1 saturated heterocycles. The molecule has 1 saturated carbocycles. The molecule has 1 atom stereocenters. The summed E-state index contributed by atoms with van der Waals surface area (Å²) in [5, 5.41) is 8.52. The van der Waals surface area contributed by atoms with E-state index in [-0.39, 0.29) is 0 Å². The summed E-state index contributed by atoms with van der Waals surface area (Å²) in [7, 11) is 0. The Morgan fingerprint density at radius 1 is 1.10 bits per heavy atom. The molecule has 4 nitrogen and oxygen atoms in total. The van der Waals surface area contributed by atoms with Crippen LogP contribution >= 0.6 is 11.8 Å². The Kier molecular flexibility index (Phi) is 5.98. The molecule has 3 rings (SSSR count). The zero-order chi connectivity index (χ0) is 14.3. The van der Waals surface area contributed by atoms with Gasteiger partial charge in [-0.25, -0.2) is 0 Å². The molecule has 0 aromatic carbocycles. The molecule has 2 heterocycles. The van der Waals surface area contributed by atoms with Crippen molar-refractivity contribution in [2.45, 2.75) is 81.3 Å². The molecule has 5 heteroatoms. The van der Waals surface area contributed by atoms with Gasteiger partial charge >= 0.3 is 0 Å². The Morgan fingerprint density at radius 2 is 1.95 bits per heavy atom. The SMILES string of the molecule is C1CCC(SCc2noc(CCC3CCCCN3)n2)CC1. The molecule has 2 aliphatic rings. The highest BCUT2D eigenvalue weighted by atomic mass is 32.2. The fourth-order valence-corrected chi connectivity index (χ4v) is 4.51. The predicted octanol–water partition coefficient (Wildman–Crippen LogP) is 3.71. The summed E-state index contributed by atoms with van der Waals surface area (Å²) in [6.45, 7) is 1.16. The van der Waals surface area contributed by atoms with Crippen molar-refractivity contribution < 1.29 is 4.52 Å². The molecule has 2 fully saturated rings. The minimum atomic E-state index is 0.644. The largest absolute Gasteiger partial charge is 0.339 e. The first kappa shape index (κ1) is 15.3. The summed E-state index contributed by atoms with van der Waals surface area (Å²) in [4.78, 5) is 4.55. The van der Waals surface area contributed by atoms with Crippen LogP contribution in [0.15, 0.2) is 4.52 Å². The van der Waals surface area contributed by atoms with Gasteiger partial charge in [0.1, 0.15) is 0 Å². The second-order valence-corrected chi connectivity index (χ2v) is 7.65. The van der Waals surface area contributed by atoms with Gasteiger partial charge in [-0.15, -0.1) is 0 Å². The molecule has 1 aromatic rings. The Balaban J connectivity index is 1.38. The summed E-state index contributed by atoms with van der Waals surface area (Å²) < 4.78 is 5.39. The van der Waals surface area contributed by atoms with Crippen molar-refractivity contribution in [1.29, 1.82) is 0 Å². The number of aryl methyl sites for hydroxylation is 1. The van der Waals surface area contributed by atoms with Crippen molar-refractivity contribution in [1.82, 2.24) is 15.5 Å². The Morgan fingerprint density at radius 3 is 2.76 bits per heavy atom. The summed E-state index contributed by atoms with van der Waals surface area (Å²) in [5.41, 5.74) is 0. The zero-order valence-electron chi connectivity index (χ0n) is 12.9. The average molecular weight is 309 g/mol. The maximum Gasteiger partial charge on any atom is 0.226 e. The lowest BCUT2D eigenvalue weighted by Crippen LogP contribution is -2.34. The topological polar surface area (TPSA) is 51.0 Å². The van der Waals surface area contributed by atoms with Gasteiger partial charge in [-0.05, 0) is 38.6 Å². The van der Waals surface area contributed by atoms with Crippen molar-refractivity contribution >= 4 is 11.8 Å². The van der Waals surface area contributed by atoms with Gasteiger partial charge < -0.3 is 9.84 Å². The molecule has 0 radical (unpaired) electrons. The van der Waals surface area contributed by atoms with E-state index in [9.17, 15) is 0 Å². The highest BCUT2D eigenvalue weighted by molar-refractivity contribution is 7.99. The number of rotatable bonds is 6. The molecule has 118 valence electrons. The van der Waals surface area contributed by atoms with Crippen LogP contribution < -0.4 is 5.32 Å². The molecule has 1 aromatic heterocycles. The van der Waals surface area contributed by atoms with E-state index < -0.39 is 0 Å². The van der Waals surface area contributed by atoms with Crippen LogP contribution in [-0.2, 0) is 12.2 Å². The molecule has 21 heavy (non-hydrogen) atoms. The zero-order valence-corrected chi connectivity index (χ0v) is 13.7. The maximum absolute atomic E-state index is 5.39. The van der Waals surface area contributed by atoms with E-state index in [1.165, 1.54) is 51.4 Å². The Bertz CT molecular complexity index is 375. The average Bonchev–Trinajstić information content (AvgIpc) is 3.01. The van der Waals surface area contributed by atoms with Gasteiger partial charge in [0.15, 0.2) is 5.82 Å². The van der Waals surface area contributed by atoms with Gasteiger partial charge in [0.25, 0.3) is 0 Å². The van der Waals surface area contributed by atoms with E-state index in [0.29, 0.717) is 6.04 Å². The van der Waals surface area contributed by atoms with E-state index >= 15 is 0 Å². The third-order valence-corrected chi connectivity index (χ3v) is 6.00. The van der Waals surface area contributed by atoms with Gasteiger partial charge in [-0.3, -0.25) is 0 Å². The molecule has 0 amide bonds. The van der Waals surface area contributed by atoms with E-state index in [1.807, 2.05) is 11.8 Å². The summed E-state index contributed by atoms with van der Waals surface area (Å²) in [6.07, 6.45) is 12.9. The molecule has 1 aliphatic heterocycles. The predicted molar refractivity (Wildman–Crippen MR) is 86.4 cm³/mol. The number of hydrogen-bond acceptors (Lipinski definition) is 5. The molecule has 1 aliphatic carbocycles. The monoisotopic (exact) mass is 309 g/mol. The number of nitrogens with zero attached hydrogens (tertiary/aromatic N) is 2. The van der Waals surface area contributed by atoms with Crippen molar-refractivity contribution in [2.75, 3.05) is 6.54 Å². The summed E-state index contributed by atoms with van der Waals surface area (Å²) in [6, 6.07) is 0.644. The highest BCUT2D eigenvalue weighted by Gasteiger charge is 2.17. The van der Waals surface area contributed by atoms with E-state index in [0.717, 1.165) is 42.1 Å². The molecule has 0 bridgehead atoms.